The van der Waals surface area contributed by atoms with Gasteiger partial charge in [-0.25, -0.2) is 0 Å². The van der Waals surface area contributed by atoms with Gasteiger partial charge in [-0.15, -0.1) is 11.3 Å². The van der Waals surface area contributed by atoms with E-state index in [9.17, 15) is 9.59 Å². The smallest absolute Gasteiger partial charge is 0.254 e. The minimum Gasteiger partial charge on any atom is -0.343 e. The number of thiophene rings is 1. The van der Waals surface area contributed by atoms with Gasteiger partial charge in [0.15, 0.2) is 0 Å². The third-order valence-corrected chi connectivity index (χ3v) is 8.02. The zero-order valence-electron chi connectivity index (χ0n) is 16.5. The fourth-order valence-electron chi connectivity index (χ4n) is 5.36. The Kier molecular flexibility index (Phi) is 5.86. The predicted octanol–water partition coefficient (Wildman–Crippen LogP) is 4.66. The molecule has 4 nitrogen and oxygen atoms in total. The highest BCUT2D eigenvalue weighted by atomic mass is 32.1. The Bertz CT molecular complexity index is 676. The van der Waals surface area contributed by atoms with Gasteiger partial charge < -0.3 is 9.80 Å². The van der Waals surface area contributed by atoms with Crippen molar-refractivity contribution in [3.8, 4) is 0 Å². The molecule has 2 amide bonds. The molecule has 0 bridgehead atoms. The summed E-state index contributed by atoms with van der Waals surface area (Å²) in [6.45, 7) is 4.58. The minimum absolute atomic E-state index is 0.257. The Balaban J connectivity index is 1.40. The molecule has 2 aliphatic heterocycles. The molecule has 0 spiro atoms. The average Bonchev–Trinajstić information content (AvgIpc) is 3.22. The largest absolute Gasteiger partial charge is 0.343 e. The van der Waals surface area contributed by atoms with E-state index in [1.165, 1.54) is 37.0 Å². The number of nitrogens with zero attached hydrogens (tertiary/aromatic N) is 2. The van der Waals surface area contributed by atoms with E-state index >= 15 is 0 Å². The highest BCUT2D eigenvalue weighted by Gasteiger charge is 2.36. The Morgan fingerprint density at radius 3 is 2.56 bits per heavy atom. The van der Waals surface area contributed by atoms with Crippen LogP contribution < -0.4 is 0 Å². The van der Waals surface area contributed by atoms with Crippen LogP contribution in [0.1, 0.15) is 85.9 Å². The van der Waals surface area contributed by atoms with E-state index in [0.717, 1.165) is 50.4 Å². The quantitative estimate of drug-likeness (QED) is 0.756. The highest BCUT2D eigenvalue weighted by Crippen LogP contribution is 2.37. The molecule has 3 aliphatic rings. The lowest BCUT2D eigenvalue weighted by Gasteiger charge is -2.44. The Morgan fingerprint density at radius 2 is 1.78 bits per heavy atom. The molecule has 4 rings (SSSR count). The van der Waals surface area contributed by atoms with E-state index in [2.05, 4.69) is 16.3 Å². The maximum Gasteiger partial charge on any atom is 0.254 e. The number of amides is 2. The minimum atomic E-state index is 0.257. The number of carbonyl (C=O) groups excluding carboxylic acids is 2. The summed E-state index contributed by atoms with van der Waals surface area (Å²) in [6.07, 6.45) is 10.2. The van der Waals surface area contributed by atoms with E-state index < -0.39 is 0 Å². The molecule has 148 valence electrons. The standard InChI is InChI=1S/C22H32N2O2S/c1-2-21(25)23-12-9-17(10-13-23)20-14-18(15-27-20)22(26)24-11-5-7-16-6-3-4-8-19(16)24/h14-17,19H,2-13H2,1H3. The zero-order valence-corrected chi connectivity index (χ0v) is 17.3. The maximum atomic E-state index is 13.2. The molecule has 27 heavy (non-hydrogen) atoms. The summed E-state index contributed by atoms with van der Waals surface area (Å²) in [5.74, 6) is 1.76. The highest BCUT2D eigenvalue weighted by molar-refractivity contribution is 7.10. The van der Waals surface area contributed by atoms with Gasteiger partial charge in [-0.1, -0.05) is 19.8 Å². The van der Waals surface area contributed by atoms with Crippen molar-refractivity contribution in [2.24, 2.45) is 5.92 Å². The first-order valence-corrected chi connectivity index (χ1v) is 11.7. The first kappa shape index (κ1) is 19.0. The molecule has 3 fully saturated rings. The lowest BCUT2D eigenvalue weighted by atomic mass is 9.78. The molecule has 5 heteroatoms. The first-order chi connectivity index (χ1) is 13.2. The number of likely N-dealkylation sites (tertiary alicyclic amines) is 2. The molecule has 2 saturated heterocycles. The summed E-state index contributed by atoms with van der Waals surface area (Å²) >= 11 is 1.74. The molecule has 1 aliphatic carbocycles. The van der Waals surface area contributed by atoms with Crippen LogP contribution in [0.4, 0.5) is 0 Å². The van der Waals surface area contributed by atoms with Gasteiger partial charge in [0.2, 0.25) is 5.91 Å². The SMILES string of the molecule is CCC(=O)N1CCC(c2cc(C(=O)N3CCCC4CCCCC43)cs2)CC1. The van der Waals surface area contributed by atoms with Crippen molar-refractivity contribution in [2.45, 2.75) is 76.7 Å². The van der Waals surface area contributed by atoms with Gasteiger partial charge in [-0.2, -0.15) is 0 Å². The van der Waals surface area contributed by atoms with Gasteiger partial charge in [0.05, 0.1) is 5.56 Å². The van der Waals surface area contributed by atoms with Crippen LogP contribution in [0.3, 0.4) is 0 Å². The molecule has 1 aromatic rings. The summed E-state index contributed by atoms with van der Waals surface area (Å²) in [5, 5.41) is 2.08. The van der Waals surface area contributed by atoms with E-state index in [1.807, 2.05) is 11.8 Å². The van der Waals surface area contributed by atoms with Gasteiger partial charge in [0.25, 0.3) is 5.91 Å². The maximum absolute atomic E-state index is 13.2. The first-order valence-electron chi connectivity index (χ1n) is 10.8. The van der Waals surface area contributed by atoms with Crippen LogP contribution in [-0.2, 0) is 4.79 Å². The number of piperidine rings is 2. The summed E-state index contributed by atoms with van der Waals surface area (Å²) in [7, 11) is 0. The van der Waals surface area contributed by atoms with Crippen molar-refractivity contribution in [3.63, 3.8) is 0 Å². The molecule has 2 atom stereocenters. The van der Waals surface area contributed by atoms with E-state index in [4.69, 9.17) is 0 Å². The van der Waals surface area contributed by atoms with E-state index in [0.29, 0.717) is 18.4 Å². The summed E-state index contributed by atoms with van der Waals surface area (Å²) in [4.78, 5) is 30.6. The Morgan fingerprint density at radius 1 is 1.04 bits per heavy atom. The number of hydrogen-bond donors (Lipinski definition) is 0. The van der Waals surface area contributed by atoms with Gasteiger partial charge >= 0.3 is 0 Å². The third kappa shape index (κ3) is 3.94. The van der Waals surface area contributed by atoms with Crippen molar-refractivity contribution >= 4 is 23.2 Å². The fraction of sp³-hybridized carbons (Fsp3) is 0.727. The molecule has 0 radical (unpaired) electrons. The number of rotatable bonds is 3. The second-order valence-electron chi connectivity index (χ2n) is 8.50. The van der Waals surface area contributed by atoms with Crippen molar-refractivity contribution in [2.75, 3.05) is 19.6 Å². The second kappa shape index (κ2) is 8.34. The van der Waals surface area contributed by atoms with Crippen LogP contribution in [0.2, 0.25) is 0 Å². The zero-order chi connectivity index (χ0) is 18.8. The van der Waals surface area contributed by atoms with Gasteiger partial charge in [0, 0.05) is 42.4 Å². The molecule has 0 N–H and O–H groups in total. The van der Waals surface area contributed by atoms with E-state index in [-0.39, 0.29) is 11.8 Å². The van der Waals surface area contributed by atoms with Crippen molar-refractivity contribution in [1.29, 1.82) is 0 Å². The van der Waals surface area contributed by atoms with Crippen LogP contribution in [-0.4, -0.2) is 47.3 Å². The van der Waals surface area contributed by atoms with Crippen LogP contribution in [0.5, 0.6) is 0 Å². The fourth-order valence-corrected chi connectivity index (χ4v) is 6.41. The van der Waals surface area contributed by atoms with Crippen LogP contribution >= 0.6 is 11.3 Å². The summed E-state index contributed by atoms with van der Waals surface area (Å²) < 4.78 is 0. The summed E-state index contributed by atoms with van der Waals surface area (Å²) in [5.41, 5.74) is 0.897. The number of hydrogen-bond acceptors (Lipinski definition) is 3. The predicted molar refractivity (Wildman–Crippen MR) is 109 cm³/mol. The Hall–Kier alpha value is -1.36. The monoisotopic (exact) mass is 388 g/mol. The number of fused-ring (bicyclic) bond motifs is 1. The van der Waals surface area contributed by atoms with E-state index in [1.54, 1.807) is 11.3 Å². The molecular formula is C22H32N2O2S. The van der Waals surface area contributed by atoms with Crippen LogP contribution in [0, 0.1) is 5.92 Å². The molecule has 3 heterocycles. The number of carbonyl (C=O) groups is 2. The van der Waals surface area contributed by atoms with Gasteiger partial charge in [0.1, 0.15) is 0 Å². The topological polar surface area (TPSA) is 40.6 Å². The second-order valence-corrected chi connectivity index (χ2v) is 9.44. The molecule has 1 aromatic heterocycles. The van der Waals surface area contributed by atoms with Crippen LogP contribution in [0.15, 0.2) is 11.4 Å². The van der Waals surface area contributed by atoms with Crippen LogP contribution in [0.25, 0.3) is 0 Å². The van der Waals surface area contributed by atoms with Crippen molar-refractivity contribution < 1.29 is 9.59 Å². The molecule has 0 aromatic carbocycles. The summed E-state index contributed by atoms with van der Waals surface area (Å²) in [6, 6.07) is 2.63. The lowest BCUT2D eigenvalue weighted by Crippen LogP contribution is -2.49. The molecule has 2 unspecified atom stereocenters. The molecule has 1 saturated carbocycles. The third-order valence-electron chi connectivity index (χ3n) is 6.92. The van der Waals surface area contributed by atoms with Gasteiger partial charge in [-0.05, 0) is 56.4 Å². The van der Waals surface area contributed by atoms with Gasteiger partial charge in [-0.3, -0.25) is 9.59 Å². The normalized spacial score (nSPS) is 26.7. The Labute approximate surface area is 166 Å². The van der Waals surface area contributed by atoms with Crippen molar-refractivity contribution in [1.82, 2.24) is 9.80 Å². The average molecular weight is 389 g/mol. The molecular weight excluding hydrogens is 356 g/mol. The lowest BCUT2D eigenvalue weighted by molar-refractivity contribution is -0.131. The van der Waals surface area contributed by atoms with Crippen molar-refractivity contribution in [3.05, 3.63) is 21.9 Å².